The molecule has 0 rings (SSSR count). The van der Waals surface area contributed by atoms with Crippen LogP contribution in [0.1, 0.15) is 20.3 Å². The summed E-state index contributed by atoms with van der Waals surface area (Å²) >= 11 is 0. The zero-order chi connectivity index (χ0) is 7.98. The minimum atomic E-state index is -0.148. The monoisotopic (exact) mass is 142 g/mol. The molecule has 1 unspecified atom stereocenters. The van der Waals surface area contributed by atoms with E-state index in [1.165, 1.54) is 7.11 Å². The Morgan fingerprint density at radius 2 is 2.30 bits per heavy atom. The summed E-state index contributed by atoms with van der Waals surface area (Å²) in [5.41, 5.74) is 0. The number of hydrogen-bond acceptors (Lipinski definition) is 2. The van der Waals surface area contributed by atoms with Crippen LogP contribution in [0.2, 0.25) is 0 Å². The van der Waals surface area contributed by atoms with Crippen LogP contribution < -0.4 is 0 Å². The van der Waals surface area contributed by atoms with Crippen molar-refractivity contribution >= 4 is 5.97 Å². The summed E-state index contributed by atoms with van der Waals surface area (Å²) < 4.78 is 4.49. The van der Waals surface area contributed by atoms with Gasteiger partial charge in [0.15, 0.2) is 0 Å². The van der Waals surface area contributed by atoms with Crippen molar-refractivity contribution < 1.29 is 9.53 Å². The highest BCUT2D eigenvalue weighted by atomic mass is 16.5. The summed E-state index contributed by atoms with van der Waals surface area (Å²) in [4.78, 5) is 10.6. The van der Waals surface area contributed by atoms with Crippen LogP contribution in [0.25, 0.3) is 0 Å². The zero-order valence-corrected chi connectivity index (χ0v) is 6.76. The van der Waals surface area contributed by atoms with Crippen LogP contribution in [-0.4, -0.2) is 13.1 Å². The lowest BCUT2D eigenvalue weighted by Gasteiger charge is -2.02. The Labute approximate surface area is 61.9 Å². The van der Waals surface area contributed by atoms with Gasteiger partial charge >= 0.3 is 5.97 Å². The Bertz CT molecular complexity index is 127. The quantitative estimate of drug-likeness (QED) is 0.443. The van der Waals surface area contributed by atoms with E-state index in [-0.39, 0.29) is 11.9 Å². The van der Waals surface area contributed by atoms with Crippen LogP contribution in [-0.2, 0) is 9.53 Å². The maximum atomic E-state index is 10.6. The predicted molar refractivity (Wildman–Crippen MR) is 40.6 cm³/mol. The summed E-state index contributed by atoms with van der Waals surface area (Å²) in [5, 5.41) is 0. The average molecular weight is 142 g/mol. The van der Waals surface area contributed by atoms with Crippen molar-refractivity contribution in [3.05, 3.63) is 12.2 Å². The fraction of sp³-hybridized carbons (Fsp3) is 0.625. The third-order valence-corrected chi connectivity index (χ3v) is 1.24. The summed E-state index contributed by atoms with van der Waals surface area (Å²) in [5.74, 6) is 0.142. The molecule has 0 spiro atoms. The van der Waals surface area contributed by atoms with Gasteiger partial charge < -0.3 is 4.74 Å². The summed E-state index contributed by atoms with van der Waals surface area (Å²) in [7, 11) is 1.41. The predicted octanol–water partition coefficient (Wildman–Crippen LogP) is 1.76. The van der Waals surface area contributed by atoms with Crippen LogP contribution in [0.4, 0.5) is 0 Å². The molecule has 0 aromatic heterocycles. The van der Waals surface area contributed by atoms with E-state index in [0.717, 1.165) is 0 Å². The number of carbonyl (C=O) groups excluding carboxylic acids is 1. The molecule has 0 aliphatic carbocycles. The van der Waals surface area contributed by atoms with Gasteiger partial charge in [0.1, 0.15) is 0 Å². The first-order valence-electron chi connectivity index (χ1n) is 3.40. The lowest BCUT2D eigenvalue weighted by molar-refractivity contribution is -0.141. The fourth-order valence-electron chi connectivity index (χ4n) is 0.743. The number of hydrogen-bond donors (Lipinski definition) is 0. The lowest BCUT2D eigenvalue weighted by Crippen LogP contribution is -2.04. The van der Waals surface area contributed by atoms with Gasteiger partial charge in [-0.15, -0.1) is 0 Å². The third-order valence-electron chi connectivity index (χ3n) is 1.24. The van der Waals surface area contributed by atoms with Crippen LogP contribution in [0.15, 0.2) is 12.2 Å². The van der Waals surface area contributed by atoms with Crippen molar-refractivity contribution in [1.29, 1.82) is 0 Å². The maximum Gasteiger partial charge on any atom is 0.306 e. The van der Waals surface area contributed by atoms with Crippen molar-refractivity contribution in [1.82, 2.24) is 0 Å². The van der Waals surface area contributed by atoms with E-state index in [4.69, 9.17) is 0 Å². The van der Waals surface area contributed by atoms with Gasteiger partial charge in [-0.3, -0.25) is 4.79 Å². The minimum absolute atomic E-state index is 0.148. The molecule has 0 fully saturated rings. The van der Waals surface area contributed by atoms with Crippen LogP contribution >= 0.6 is 0 Å². The van der Waals surface area contributed by atoms with Crippen molar-refractivity contribution in [2.45, 2.75) is 20.3 Å². The van der Waals surface area contributed by atoms with E-state index in [2.05, 4.69) is 4.74 Å². The Kier molecular flexibility index (Phi) is 4.63. The molecule has 2 nitrogen and oxygen atoms in total. The molecule has 58 valence electrons. The number of carbonyl (C=O) groups is 1. The molecule has 1 atom stereocenters. The van der Waals surface area contributed by atoms with Crippen LogP contribution in [0.3, 0.4) is 0 Å². The molecule has 0 saturated carbocycles. The van der Waals surface area contributed by atoms with Gasteiger partial charge in [-0.1, -0.05) is 19.1 Å². The van der Waals surface area contributed by atoms with Gasteiger partial charge in [-0.25, -0.2) is 0 Å². The fourth-order valence-corrected chi connectivity index (χ4v) is 0.743. The third kappa shape index (κ3) is 4.13. The SMILES string of the molecule is CC=CC(C)CC(=O)OC. The first-order valence-corrected chi connectivity index (χ1v) is 3.40. The number of esters is 1. The molecule has 0 saturated heterocycles. The zero-order valence-electron chi connectivity index (χ0n) is 6.76. The Morgan fingerprint density at radius 3 is 2.70 bits per heavy atom. The topological polar surface area (TPSA) is 26.3 Å². The second-order valence-electron chi connectivity index (χ2n) is 2.28. The molecule has 0 bridgehead atoms. The normalized spacial score (nSPS) is 13.5. The molecule has 2 heteroatoms. The highest BCUT2D eigenvalue weighted by Gasteiger charge is 2.04. The molecule has 0 N–H and O–H groups in total. The van der Waals surface area contributed by atoms with Gasteiger partial charge in [0.2, 0.25) is 0 Å². The van der Waals surface area contributed by atoms with Crippen molar-refractivity contribution in [3.63, 3.8) is 0 Å². The maximum absolute atomic E-state index is 10.6. The van der Waals surface area contributed by atoms with E-state index in [9.17, 15) is 4.79 Å². The average Bonchev–Trinajstić information content (AvgIpc) is 1.88. The number of ether oxygens (including phenoxy) is 1. The molecular weight excluding hydrogens is 128 g/mol. The lowest BCUT2D eigenvalue weighted by atomic mass is 10.1. The van der Waals surface area contributed by atoms with Gasteiger partial charge in [-0.05, 0) is 12.8 Å². The molecular formula is C8H14O2. The van der Waals surface area contributed by atoms with E-state index in [0.29, 0.717) is 6.42 Å². The van der Waals surface area contributed by atoms with Gasteiger partial charge in [0.25, 0.3) is 0 Å². The smallest absolute Gasteiger partial charge is 0.306 e. The highest BCUT2D eigenvalue weighted by molar-refractivity contribution is 5.69. The van der Waals surface area contributed by atoms with Crippen LogP contribution in [0.5, 0.6) is 0 Å². The van der Waals surface area contributed by atoms with E-state index >= 15 is 0 Å². The standard InChI is InChI=1S/C8H14O2/c1-4-5-7(2)6-8(9)10-3/h4-5,7H,6H2,1-3H3. The first-order chi connectivity index (χ1) is 4.70. The van der Waals surface area contributed by atoms with Gasteiger partial charge in [-0.2, -0.15) is 0 Å². The molecule has 10 heavy (non-hydrogen) atoms. The Morgan fingerprint density at radius 1 is 1.70 bits per heavy atom. The highest BCUT2D eigenvalue weighted by Crippen LogP contribution is 2.03. The molecule has 0 aliphatic rings. The number of rotatable bonds is 3. The Balaban J connectivity index is 3.57. The Hall–Kier alpha value is -0.790. The van der Waals surface area contributed by atoms with Crippen molar-refractivity contribution in [2.75, 3.05) is 7.11 Å². The minimum Gasteiger partial charge on any atom is -0.469 e. The van der Waals surface area contributed by atoms with Crippen molar-refractivity contribution in [3.8, 4) is 0 Å². The van der Waals surface area contributed by atoms with E-state index in [1.54, 1.807) is 0 Å². The second kappa shape index (κ2) is 5.03. The summed E-state index contributed by atoms with van der Waals surface area (Å²) in [6, 6.07) is 0. The molecule has 0 aromatic rings. The van der Waals surface area contributed by atoms with E-state index in [1.807, 2.05) is 26.0 Å². The molecule has 0 aliphatic heterocycles. The molecule has 0 aromatic carbocycles. The van der Waals surface area contributed by atoms with Gasteiger partial charge in [0, 0.05) is 0 Å². The first kappa shape index (κ1) is 9.21. The van der Waals surface area contributed by atoms with Crippen LogP contribution in [0, 0.1) is 5.92 Å². The number of allylic oxidation sites excluding steroid dienone is 2. The van der Waals surface area contributed by atoms with Gasteiger partial charge in [0.05, 0.1) is 13.5 Å². The molecule has 0 heterocycles. The second-order valence-corrected chi connectivity index (χ2v) is 2.28. The molecule has 0 radical (unpaired) electrons. The van der Waals surface area contributed by atoms with Crippen molar-refractivity contribution in [2.24, 2.45) is 5.92 Å². The number of methoxy groups -OCH3 is 1. The molecule has 0 amide bonds. The summed E-state index contributed by atoms with van der Waals surface area (Å²) in [6.07, 6.45) is 4.39. The summed E-state index contributed by atoms with van der Waals surface area (Å²) in [6.45, 7) is 3.92. The van der Waals surface area contributed by atoms with E-state index < -0.39 is 0 Å². The largest absolute Gasteiger partial charge is 0.469 e.